The Morgan fingerprint density at radius 3 is 2.54 bits per heavy atom. The van der Waals surface area contributed by atoms with Crippen LogP contribution in [0.1, 0.15) is 68.6 Å². The van der Waals surface area contributed by atoms with Crippen molar-refractivity contribution in [1.29, 1.82) is 0 Å². The highest BCUT2D eigenvalue weighted by Crippen LogP contribution is 2.47. The van der Waals surface area contributed by atoms with Gasteiger partial charge in [0.05, 0.1) is 26.0 Å². The zero-order valence-corrected chi connectivity index (χ0v) is 29.2. The largest absolute Gasteiger partial charge is 0.493 e. The SMILES string of the molecule is CCCC(CCC)N(C(=O)CN1C[C@H](c2cc(OC)c3c(c2)OCO3)C(C(=O)O)[C@@H]1CCN1C(=O)Cc2ccccc21)c1ccc(F)c(C)c1. The molecule has 0 bridgehead atoms. The van der Waals surface area contributed by atoms with Gasteiger partial charge in [0, 0.05) is 42.5 Å². The molecule has 3 aliphatic heterocycles. The number of ether oxygens (including phenoxy) is 3. The van der Waals surface area contributed by atoms with Crippen LogP contribution in [0.15, 0.2) is 54.6 Å². The van der Waals surface area contributed by atoms with Crippen molar-refractivity contribution in [3.05, 3.63) is 77.1 Å². The van der Waals surface area contributed by atoms with E-state index in [9.17, 15) is 23.9 Å². The van der Waals surface area contributed by atoms with Gasteiger partial charge in [-0.05, 0) is 79.3 Å². The quantitative estimate of drug-likeness (QED) is 0.210. The van der Waals surface area contributed by atoms with Gasteiger partial charge in [0.25, 0.3) is 0 Å². The van der Waals surface area contributed by atoms with E-state index in [4.69, 9.17) is 14.2 Å². The summed E-state index contributed by atoms with van der Waals surface area (Å²) >= 11 is 0. The molecule has 0 spiro atoms. The smallest absolute Gasteiger partial charge is 0.308 e. The van der Waals surface area contributed by atoms with Gasteiger partial charge in [0.15, 0.2) is 11.5 Å². The molecule has 266 valence electrons. The van der Waals surface area contributed by atoms with Crippen molar-refractivity contribution in [2.24, 2.45) is 5.92 Å². The van der Waals surface area contributed by atoms with E-state index in [1.807, 2.05) is 29.2 Å². The van der Waals surface area contributed by atoms with Crippen LogP contribution in [0.3, 0.4) is 0 Å². The fourth-order valence-corrected chi connectivity index (χ4v) is 8.03. The number of halogens is 1. The number of aliphatic carboxylic acids is 1. The van der Waals surface area contributed by atoms with Crippen LogP contribution in [-0.4, -0.2) is 73.4 Å². The molecule has 1 N–H and O–H groups in total. The molecule has 3 aliphatic rings. The fraction of sp³-hybridized carbons (Fsp3) is 0.462. The number of anilines is 2. The lowest BCUT2D eigenvalue weighted by molar-refractivity contribution is -0.143. The number of hydrogen-bond acceptors (Lipinski definition) is 7. The number of hydrogen-bond donors (Lipinski definition) is 1. The molecule has 3 aromatic carbocycles. The molecule has 1 saturated heterocycles. The van der Waals surface area contributed by atoms with Crippen LogP contribution in [-0.2, 0) is 20.8 Å². The zero-order valence-electron chi connectivity index (χ0n) is 29.2. The number of carbonyl (C=O) groups excluding carboxylic acids is 2. The third-order valence-electron chi connectivity index (χ3n) is 10.4. The lowest BCUT2D eigenvalue weighted by atomic mass is 9.84. The predicted molar refractivity (Wildman–Crippen MR) is 188 cm³/mol. The third-order valence-corrected chi connectivity index (χ3v) is 10.4. The van der Waals surface area contributed by atoms with Crippen molar-refractivity contribution in [2.45, 2.75) is 77.3 Å². The molecular formula is C39H46FN3O7. The number of para-hydroxylation sites is 1. The number of nitrogens with zero attached hydrogens (tertiary/aromatic N) is 3. The van der Waals surface area contributed by atoms with E-state index in [2.05, 4.69) is 13.8 Å². The monoisotopic (exact) mass is 687 g/mol. The maximum Gasteiger partial charge on any atom is 0.308 e. The van der Waals surface area contributed by atoms with E-state index in [0.717, 1.165) is 36.9 Å². The van der Waals surface area contributed by atoms with Gasteiger partial charge < -0.3 is 29.1 Å². The maximum absolute atomic E-state index is 14.6. The molecule has 3 heterocycles. The van der Waals surface area contributed by atoms with Crippen LogP contribution < -0.4 is 24.0 Å². The number of rotatable bonds is 14. The first-order valence-electron chi connectivity index (χ1n) is 17.6. The number of amides is 2. The highest BCUT2D eigenvalue weighted by molar-refractivity contribution is 6.01. The average Bonchev–Trinajstić information content (AvgIpc) is 3.80. The summed E-state index contributed by atoms with van der Waals surface area (Å²) in [7, 11) is 1.53. The number of carboxylic acid groups (broad SMARTS) is 1. The molecule has 0 radical (unpaired) electrons. The Hall–Kier alpha value is -4.64. The average molecular weight is 688 g/mol. The van der Waals surface area contributed by atoms with Crippen LogP contribution in [0, 0.1) is 18.7 Å². The molecule has 0 aliphatic carbocycles. The molecule has 11 heteroatoms. The highest BCUT2D eigenvalue weighted by atomic mass is 19.1. The summed E-state index contributed by atoms with van der Waals surface area (Å²) in [6.45, 7) is 6.43. The molecule has 0 aromatic heterocycles. The Morgan fingerprint density at radius 2 is 1.84 bits per heavy atom. The predicted octanol–water partition coefficient (Wildman–Crippen LogP) is 6.32. The normalized spacial score (nSPS) is 19.7. The summed E-state index contributed by atoms with van der Waals surface area (Å²) in [6, 6.07) is 15.3. The second-order valence-corrected chi connectivity index (χ2v) is 13.5. The molecule has 2 amide bonds. The summed E-state index contributed by atoms with van der Waals surface area (Å²) in [5.74, 6) is -1.55. The number of methoxy groups -OCH3 is 1. The minimum absolute atomic E-state index is 0.0319. The number of likely N-dealkylation sites (tertiary alicyclic amines) is 1. The highest BCUT2D eigenvalue weighted by Gasteiger charge is 2.48. The molecule has 3 aromatic rings. The number of carbonyl (C=O) groups is 3. The molecule has 6 rings (SSSR count). The minimum atomic E-state index is -0.986. The minimum Gasteiger partial charge on any atom is -0.493 e. The summed E-state index contributed by atoms with van der Waals surface area (Å²) in [5.41, 5.74) is 3.56. The Labute approximate surface area is 292 Å². The van der Waals surface area contributed by atoms with E-state index < -0.39 is 23.8 Å². The van der Waals surface area contributed by atoms with E-state index >= 15 is 0 Å². The lowest BCUT2D eigenvalue weighted by Gasteiger charge is -2.35. The molecule has 1 fully saturated rings. The van der Waals surface area contributed by atoms with Gasteiger partial charge in [-0.2, -0.15) is 0 Å². The summed E-state index contributed by atoms with van der Waals surface area (Å²) in [4.78, 5) is 46.5. The maximum atomic E-state index is 14.6. The van der Waals surface area contributed by atoms with Gasteiger partial charge >= 0.3 is 5.97 Å². The number of fused-ring (bicyclic) bond motifs is 2. The third kappa shape index (κ3) is 6.88. The Morgan fingerprint density at radius 1 is 1.08 bits per heavy atom. The molecule has 1 unspecified atom stereocenters. The van der Waals surface area contributed by atoms with E-state index in [1.165, 1.54) is 13.2 Å². The second kappa shape index (κ2) is 15.1. The number of benzene rings is 3. The van der Waals surface area contributed by atoms with Crippen LogP contribution in [0.4, 0.5) is 15.8 Å². The van der Waals surface area contributed by atoms with Crippen molar-refractivity contribution in [3.8, 4) is 17.2 Å². The second-order valence-electron chi connectivity index (χ2n) is 13.5. The first-order chi connectivity index (χ1) is 24.1. The Kier molecular flexibility index (Phi) is 10.6. The first-order valence-corrected chi connectivity index (χ1v) is 17.6. The molecule has 3 atom stereocenters. The van der Waals surface area contributed by atoms with Gasteiger partial charge in [-0.1, -0.05) is 44.9 Å². The van der Waals surface area contributed by atoms with E-state index in [1.54, 1.807) is 41.0 Å². The Bertz CT molecular complexity index is 1740. The van der Waals surface area contributed by atoms with Crippen LogP contribution in [0.2, 0.25) is 0 Å². The molecule has 10 nitrogen and oxygen atoms in total. The topological polar surface area (TPSA) is 109 Å². The molecule has 0 saturated carbocycles. The zero-order chi connectivity index (χ0) is 35.5. The van der Waals surface area contributed by atoms with Crippen molar-refractivity contribution >= 4 is 29.2 Å². The van der Waals surface area contributed by atoms with Crippen LogP contribution in [0.25, 0.3) is 0 Å². The van der Waals surface area contributed by atoms with Crippen molar-refractivity contribution in [2.75, 3.05) is 43.3 Å². The van der Waals surface area contributed by atoms with Gasteiger partial charge in [-0.3, -0.25) is 19.3 Å². The lowest BCUT2D eigenvalue weighted by Crippen LogP contribution is -2.48. The molecule has 50 heavy (non-hydrogen) atoms. The summed E-state index contributed by atoms with van der Waals surface area (Å²) in [5, 5.41) is 10.8. The van der Waals surface area contributed by atoms with Gasteiger partial charge in [0.2, 0.25) is 24.4 Å². The van der Waals surface area contributed by atoms with Crippen molar-refractivity contribution < 1.29 is 38.1 Å². The van der Waals surface area contributed by atoms with E-state index in [-0.39, 0.29) is 43.6 Å². The Balaban J connectivity index is 1.37. The van der Waals surface area contributed by atoms with Gasteiger partial charge in [0.1, 0.15) is 5.82 Å². The first kappa shape index (κ1) is 35.2. The van der Waals surface area contributed by atoms with Crippen molar-refractivity contribution in [3.63, 3.8) is 0 Å². The van der Waals surface area contributed by atoms with Crippen LogP contribution in [0.5, 0.6) is 17.2 Å². The summed E-state index contributed by atoms with van der Waals surface area (Å²) in [6.07, 6.45) is 3.90. The standard InChI is InChI=1S/C39H46FN3O7/c1-5-9-27(10-6-2)43(28-13-14-30(40)24(3)17-28)36(45)22-41-21-29(26-18-33(48-4)38-34(19-26)49-23-50-38)37(39(46)47)32(41)15-16-42-31-12-8-7-11-25(31)20-35(42)44/h7-8,11-14,17-19,27,29,32,37H,5-6,9-10,15-16,20-23H2,1-4H3,(H,46,47)/t29-,32+,37?/m1/s1. The molecular weight excluding hydrogens is 641 g/mol. The van der Waals surface area contributed by atoms with Crippen molar-refractivity contribution in [1.82, 2.24) is 4.90 Å². The van der Waals surface area contributed by atoms with Gasteiger partial charge in [-0.15, -0.1) is 0 Å². The van der Waals surface area contributed by atoms with Crippen LogP contribution >= 0.6 is 0 Å². The fourth-order valence-electron chi connectivity index (χ4n) is 8.03. The van der Waals surface area contributed by atoms with E-state index in [0.29, 0.717) is 53.4 Å². The summed E-state index contributed by atoms with van der Waals surface area (Å²) < 4.78 is 31.3. The number of aryl methyl sites for hydroxylation is 1. The van der Waals surface area contributed by atoms with Gasteiger partial charge in [-0.25, -0.2) is 4.39 Å². The number of carboxylic acids is 1.